The van der Waals surface area contributed by atoms with E-state index in [4.69, 9.17) is 10.2 Å². The molecule has 0 unspecified atom stereocenters. The molecule has 0 aliphatic heterocycles. The molecule has 38 heavy (non-hydrogen) atoms. The first-order valence-corrected chi connectivity index (χ1v) is 15.0. The number of carboxylic acids is 2. The Hall–Kier alpha value is 1.52. The van der Waals surface area contributed by atoms with E-state index in [2.05, 4.69) is 13.8 Å². The molecule has 0 aromatic carbocycles. The van der Waals surface area contributed by atoms with Gasteiger partial charge in [0, 0.05) is 12.8 Å². The Kier molecular flexibility index (Phi) is 66.3. The zero-order valence-corrected chi connectivity index (χ0v) is 31.4. The minimum atomic E-state index is -0.659. The molecule has 0 fully saturated rings. The normalized spacial score (nSPS) is 9.53. The van der Waals surface area contributed by atoms with Crippen LogP contribution < -0.4 is 83.9 Å². The van der Waals surface area contributed by atoms with E-state index in [1.807, 2.05) is 0 Å². The third kappa shape index (κ3) is 57.4. The molecular formula is C30H60Cl2Na2O4. The molecule has 0 atom stereocenters. The number of hydrogen-bond acceptors (Lipinski definition) is 2. The maximum absolute atomic E-state index is 10.3. The van der Waals surface area contributed by atoms with Crippen LogP contribution in [0.1, 0.15) is 181 Å². The summed E-state index contributed by atoms with van der Waals surface area (Å²) >= 11 is 0. The van der Waals surface area contributed by atoms with E-state index in [9.17, 15) is 9.59 Å². The van der Waals surface area contributed by atoms with E-state index in [-0.39, 0.29) is 83.9 Å². The van der Waals surface area contributed by atoms with Crippen molar-refractivity contribution in [2.45, 2.75) is 181 Å². The van der Waals surface area contributed by atoms with E-state index in [1.165, 1.54) is 128 Å². The number of hydrogen-bond donors (Lipinski definition) is 2. The second kappa shape index (κ2) is 48.3. The van der Waals surface area contributed by atoms with Gasteiger partial charge in [0.1, 0.15) is 0 Å². The third-order valence-electron chi connectivity index (χ3n) is 6.49. The Morgan fingerprint density at radius 1 is 0.368 bits per heavy atom. The Bertz CT molecular complexity index is 431. The minimum Gasteiger partial charge on any atom is -1.00 e. The summed E-state index contributed by atoms with van der Waals surface area (Å²) in [5.74, 6) is -1.31. The maximum Gasteiger partial charge on any atom is 1.00 e. The number of carboxylic acid groups (broad SMARTS) is 2. The van der Waals surface area contributed by atoms with Crippen molar-refractivity contribution in [3.63, 3.8) is 0 Å². The molecule has 0 bridgehead atoms. The van der Waals surface area contributed by atoms with Gasteiger partial charge in [-0.2, -0.15) is 0 Å². The van der Waals surface area contributed by atoms with Crippen LogP contribution in [0.5, 0.6) is 0 Å². The van der Waals surface area contributed by atoms with Gasteiger partial charge < -0.3 is 35.0 Å². The van der Waals surface area contributed by atoms with Crippen LogP contribution in [0, 0.1) is 0 Å². The van der Waals surface area contributed by atoms with Crippen LogP contribution in [-0.2, 0) is 9.59 Å². The molecule has 8 heteroatoms. The van der Waals surface area contributed by atoms with E-state index in [0.717, 1.165) is 25.7 Å². The average Bonchev–Trinajstić information content (AvgIpc) is 2.80. The summed E-state index contributed by atoms with van der Waals surface area (Å²) in [6.45, 7) is 4.50. The summed E-state index contributed by atoms with van der Waals surface area (Å²) in [5.41, 5.74) is 0. The summed E-state index contributed by atoms with van der Waals surface area (Å²) in [5, 5.41) is 16.9. The minimum absolute atomic E-state index is 0. The van der Waals surface area contributed by atoms with Crippen LogP contribution in [0.4, 0.5) is 0 Å². The van der Waals surface area contributed by atoms with Gasteiger partial charge in [-0.15, -0.1) is 0 Å². The number of unbranched alkanes of at least 4 members (excludes halogenated alkanes) is 22. The fourth-order valence-corrected chi connectivity index (χ4v) is 4.23. The van der Waals surface area contributed by atoms with Crippen molar-refractivity contribution >= 4 is 11.9 Å². The van der Waals surface area contributed by atoms with Gasteiger partial charge in [-0.25, -0.2) is 0 Å². The Morgan fingerprint density at radius 2 is 0.526 bits per heavy atom. The number of halogens is 2. The van der Waals surface area contributed by atoms with Crippen molar-refractivity contribution < 1.29 is 104 Å². The Labute approximate surface area is 293 Å². The third-order valence-corrected chi connectivity index (χ3v) is 6.49. The first-order valence-electron chi connectivity index (χ1n) is 15.0. The molecule has 0 aromatic heterocycles. The molecule has 0 heterocycles. The van der Waals surface area contributed by atoms with E-state index < -0.39 is 11.9 Å². The topological polar surface area (TPSA) is 74.6 Å². The van der Waals surface area contributed by atoms with E-state index in [1.54, 1.807) is 0 Å². The second-order valence-corrected chi connectivity index (χ2v) is 10.1. The first kappa shape index (κ1) is 52.2. The molecule has 0 amide bonds. The van der Waals surface area contributed by atoms with E-state index >= 15 is 0 Å². The molecule has 0 rings (SSSR count). The monoisotopic (exact) mass is 600 g/mol. The number of carbonyl (C=O) groups is 2. The van der Waals surface area contributed by atoms with Crippen LogP contribution >= 0.6 is 0 Å². The smallest absolute Gasteiger partial charge is 1.00 e. The van der Waals surface area contributed by atoms with Crippen molar-refractivity contribution in [2.24, 2.45) is 0 Å². The maximum atomic E-state index is 10.3. The molecule has 0 aromatic rings. The molecule has 0 saturated carbocycles. The summed E-state index contributed by atoms with van der Waals surface area (Å²) in [6, 6.07) is 0. The molecule has 2 N–H and O–H groups in total. The van der Waals surface area contributed by atoms with Gasteiger partial charge in [0.05, 0.1) is 0 Å². The average molecular weight is 602 g/mol. The molecule has 0 aliphatic carbocycles. The molecule has 220 valence electrons. The van der Waals surface area contributed by atoms with Crippen LogP contribution in [0.25, 0.3) is 0 Å². The van der Waals surface area contributed by atoms with Gasteiger partial charge in [0.2, 0.25) is 0 Å². The van der Waals surface area contributed by atoms with Crippen molar-refractivity contribution in [2.75, 3.05) is 0 Å². The van der Waals surface area contributed by atoms with Crippen LogP contribution in [0.15, 0.2) is 0 Å². The second-order valence-electron chi connectivity index (χ2n) is 10.1. The van der Waals surface area contributed by atoms with Gasteiger partial charge in [-0.1, -0.05) is 155 Å². The summed E-state index contributed by atoms with van der Waals surface area (Å²) < 4.78 is 0. The van der Waals surface area contributed by atoms with Gasteiger partial charge in [-0.3, -0.25) is 9.59 Å². The summed E-state index contributed by atoms with van der Waals surface area (Å²) in [6.07, 6.45) is 31.7. The zero-order chi connectivity index (χ0) is 25.5. The predicted molar refractivity (Wildman–Crippen MR) is 147 cm³/mol. The van der Waals surface area contributed by atoms with Crippen LogP contribution in [0.2, 0.25) is 0 Å². The quantitative estimate of drug-likeness (QED) is 0.0921. The van der Waals surface area contributed by atoms with Gasteiger partial charge >= 0.3 is 71.1 Å². The van der Waals surface area contributed by atoms with Gasteiger partial charge in [-0.05, 0) is 12.8 Å². The molecular weight excluding hydrogens is 541 g/mol. The van der Waals surface area contributed by atoms with Gasteiger partial charge in [0.25, 0.3) is 0 Å². The Morgan fingerprint density at radius 3 is 0.684 bits per heavy atom. The molecule has 0 saturated heterocycles. The molecule has 0 radical (unpaired) electrons. The van der Waals surface area contributed by atoms with Crippen LogP contribution in [-0.4, -0.2) is 22.2 Å². The summed E-state index contributed by atoms with van der Waals surface area (Å²) in [4.78, 5) is 20.5. The number of rotatable bonds is 26. The first-order chi connectivity index (χ1) is 16.5. The van der Waals surface area contributed by atoms with Crippen molar-refractivity contribution in [1.29, 1.82) is 0 Å². The predicted octanol–water partition coefficient (Wildman–Crippen LogP) is -1.66. The Balaban J connectivity index is -0.000000128. The summed E-state index contributed by atoms with van der Waals surface area (Å²) in [7, 11) is 0. The fraction of sp³-hybridized carbons (Fsp3) is 0.933. The van der Waals surface area contributed by atoms with Crippen molar-refractivity contribution in [1.82, 2.24) is 0 Å². The molecule has 0 aliphatic rings. The van der Waals surface area contributed by atoms with Crippen molar-refractivity contribution in [3.8, 4) is 0 Å². The number of aliphatic carboxylic acids is 2. The zero-order valence-electron chi connectivity index (χ0n) is 25.9. The fourth-order valence-electron chi connectivity index (χ4n) is 4.23. The SMILES string of the molecule is CCCCCCCCCCCC(=O)O.CCCCCCCCCCCCCCCCCC(=O)O.[Cl-].[Cl-].[Na+].[Na+]. The van der Waals surface area contributed by atoms with Crippen molar-refractivity contribution in [3.05, 3.63) is 0 Å². The standard InChI is InChI=1S/C18H36O2.C12H24O2.2ClH.2Na/c1-2-3-4-5-6-7-8-9-10-11-12-13-14-15-16-17-18(19)20;1-2-3-4-5-6-7-8-9-10-11-12(13)14;;;;/h2-17H2,1H3,(H,19,20);2-11H2,1H3,(H,13,14);2*1H;;/q;;;;2*+1/p-2. The largest absolute Gasteiger partial charge is 1.00 e. The molecule has 0 spiro atoms. The van der Waals surface area contributed by atoms with Gasteiger partial charge in [0.15, 0.2) is 0 Å². The molecule has 4 nitrogen and oxygen atoms in total. The van der Waals surface area contributed by atoms with E-state index in [0.29, 0.717) is 12.8 Å². The van der Waals surface area contributed by atoms with Crippen LogP contribution in [0.3, 0.4) is 0 Å².